The number of hydrogen-bond acceptors (Lipinski definition) is 2. The smallest absolute Gasteiger partial charge is 0.336 e. The van der Waals surface area contributed by atoms with Gasteiger partial charge in [-0.3, -0.25) is 4.90 Å². The number of amides is 2. The number of hydrogen-bond donors (Lipinski definition) is 2. The number of nitrogens with zero attached hydrogens (tertiary/aromatic N) is 1. The van der Waals surface area contributed by atoms with Crippen LogP contribution in [-0.4, -0.2) is 29.7 Å². The first kappa shape index (κ1) is 13.9. The molecule has 1 aromatic carbocycles. The van der Waals surface area contributed by atoms with Crippen LogP contribution in [-0.2, 0) is 6.42 Å². The van der Waals surface area contributed by atoms with Gasteiger partial charge in [-0.05, 0) is 56.2 Å². The number of anilines is 1. The Hall–Kier alpha value is -2.04. The van der Waals surface area contributed by atoms with Gasteiger partial charge in [0.1, 0.15) is 0 Å². The average Bonchev–Trinajstić information content (AvgIpc) is 3.30. The number of carbonyl (C=O) groups excluding carboxylic acids is 1. The second-order valence-corrected chi connectivity index (χ2v) is 5.94. The molecule has 0 aromatic heterocycles. The minimum atomic E-state index is -0.930. The molecule has 0 bridgehead atoms. The van der Waals surface area contributed by atoms with Crippen LogP contribution in [0.4, 0.5) is 10.5 Å². The van der Waals surface area contributed by atoms with Gasteiger partial charge in [-0.1, -0.05) is 6.07 Å². The number of carboxylic acids is 1. The van der Waals surface area contributed by atoms with Crippen LogP contribution in [0.1, 0.15) is 42.1 Å². The summed E-state index contributed by atoms with van der Waals surface area (Å²) in [5, 5.41) is 12.3. The molecule has 21 heavy (non-hydrogen) atoms. The van der Waals surface area contributed by atoms with Crippen molar-refractivity contribution < 1.29 is 14.7 Å². The molecule has 5 heteroatoms. The number of rotatable bonds is 3. The van der Waals surface area contributed by atoms with E-state index in [1.165, 1.54) is 12.8 Å². The first-order valence-electron chi connectivity index (χ1n) is 7.51. The van der Waals surface area contributed by atoms with E-state index in [0.29, 0.717) is 24.4 Å². The van der Waals surface area contributed by atoms with Gasteiger partial charge < -0.3 is 10.4 Å². The van der Waals surface area contributed by atoms with Gasteiger partial charge in [0.05, 0.1) is 5.56 Å². The van der Waals surface area contributed by atoms with Crippen molar-refractivity contribution in [3.05, 3.63) is 29.3 Å². The third kappa shape index (κ3) is 2.73. The average molecular weight is 288 g/mol. The van der Waals surface area contributed by atoms with Gasteiger partial charge >= 0.3 is 12.0 Å². The van der Waals surface area contributed by atoms with Crippen LogP contribution in [0.2, 0.25) is 0 Å². The summed E-state index contributed by atoms with van der Waals surface area (Å²) in [6.45, 7) is 2.67. The number of carboxylic acid groups (broad SMARTS) is 1. The first-order chi connectivity index (χ1) is 10.1. The molecule has 0 radical (unpaired) electrons. The molecule has 2 aliphatic rings. The van der Waals surface area contributed by atoms with E-state index >= 15 is 0 Å². The summed E-state index contributed by atoms with van der Waals surface area (Å²) >= 11 is 0. The molecule has 1 fully saturated rings. The van der Waals surface area contributed by atoms with Crippen molar-refractivity contribution in [2.24, 2.45) is 5.92 Å². The molecule has 1 aliphatic carbocycles. The highest BCUT2D eigenvalue weighted by Crippen LogP contribution is 2.33. The van der Waals surface area contributed by atoms with Gasteiger partial charge in [0.25, 0.3) is 0 Å². The van der Waals surface area contributed by atoms with E-state index < -0.39 is 5.97 Å². The molecule has 5 nitrogen and oxygen atoms in total. The third-order valence-corrected chi connectivity index (χ3v) is 4.41. The Balaban J connectivity index is 1.84. The zero-order valence-electron chi connectivity index (χ0n) is 12.1. The van der Waals surface area contributed by atoms with Crippen LogP contribution in [0, 0.1) is 5.92 Å². The second kappa shape index (κ2) is 5.39. The Labute approximate surface area is 123 Å². The molecule has 1 heterocycles. The first-order valence-corrected chi connectivity index (χ1v) is 7.51. The van der Waals surface area contributed by atoms with Crippen LogP contribution >= 0.6 is 0 Å². The van der Waals surface area contributed by atoms with Crippen LogP contribution in [0.15, 0.2) is 18.2 Å². The zero-order chi connectivity index (χ0) is 15.0. The molecule has 0 spiro atoms. The van der Waals surface area contributed by atoms with E-state index in [0.717, 1.165) is 17.7 Å². The Morgan fingerprint density at radius 3 is 2.81 bits per heavy atom. The lowest BCUT2D eigenvalue weighted by Crippen LogP contribution is -2.46. The summed E-state index contributed by atoms with van der Waals surface area (Å²) in [7, 11) is 0. The largest absolute Gasteiger partial charge is 0.478 e. The lowest BCUT2D eigenvalue weighted by molar-refractivity contribution is 0.0695. The van der Waals surface area contributed by atoms with E-state index in [-0.39, 0.29) is 12.1 Å². The number of fused-ring (bicyclic) bond motifs is 1. The van der Waals surface area contributed by atoms with E-state index in [1.54, 1.807) is 17.0 Å². The summed E-state index contributed by atoms with van der Waals surface area (Å²) in [6, 6.07) is 5.22. The number of aromatic carboxylic acids is 1. The van der Waals surface area contributed by atoms with Crippen LogP contribution in [0.5, 0.6) is 0 Å². The summed E-state index contributed by atoms with van der Waals surface area (Å²) in [5.41, 5.74) is 1.81. The van der Waals surface area contributed by atoms with Gasteiger partial charge in [0.2, 0.25) is 0 Å². The van der Waals surface area contributed by atoms with Gasteiger partial charge in [-0.25, -0.2) is 9.59 Å². The van der Waals surface area contributed by atoms with Gasteiger partial charge in [0.15, 0.2) is 0 Å². The number of benzene rings is 1. The quantitative estimate of drug-likeness (QED) is 0.898. The van der Waals surface area contributed by atoms with Gasteiger partial charge in [-0.15, -0.1) is 0 Å². The molecule has 1 unspecified atom stereocenters. The van der Waals surface area contributed by atoms with Crippen LogP contribution in [0.25, 0.3) is 0 Å². The van der Waals surface area contributed by atoms with Crippen molar-refractivity contribution in [3.63, 3.8) is 0 Å². The van der Waals surface area contributed by atoms with Crippen molar-refractivity contribution in [1.82, 2.24) is 5.32 Å². The molecule has 1 aliphatic heterocycles. The molecular weight excluding hydrogens is 268 g/mol. The summed E-state index contributed by atoms with van der Waals surface area (Å²) in [6.07, 6.45) is 3.87. The highest BCUT2D eigenvalue weighted by molar-refractivity contribution is 5.97. The number of nitrogens with one attached hydrogen (secondary N) is 1. The Kier molecular flexibility index (Phi) is 3.57. The maximum atomic E-state index is 12.5. The fourth-order valence-corrected chi connectivity index (χ4v) is 3.02. The topological polar surface area (TPSA) is 69.6 Å². The van der Waals surface area contributed by atoms with Crippen molar-refractivity contribution >= 4 is 17.7 Å². The SMILES string of the molecule is CC(NC(=O)N1CCCc2c(C(=O)O)cccc21)C1CC1. The molecule has 1 saturated carbocycles. The monoisotopic (exact) mass is 288 g/mol. The van der Waals surface area contributed by atoms with Crippen molar-refractivity contribution in [2.75, 3.05) is 11.4 Å². The maximum absolute atomic E-state index is 12.5. The van der Waals surface area contributed by atoms with Gasteiger partial charge in [-0.2, -0.15) is 0 Å². The maximum Gasteiger partial charge on any atom is 0.336 e. The molecule has 2 N–H and O–H groups in total. The standard InChI is InChI=1S/C16H20N2O3/c1-10(11-7-8-11)17-16(21)18-9-3-5-12-13(15(19)20)4-2-6-14(12)18/h2,4,6,10-11H,3,5,7-9H2,1H3,(H,17,21)(H,19,20). The highest BCUT2D eigenvalue weighted by Gasteiger charge is 2.31. The van der Waals surface area contributed by atoms with Crippen molar-refractivity contribution in [1.29, 1.82) is 0 Å². The predicted molar refractivity (Wildman–Crippen MR) is 79.8 cm³/mol. The summed E-state index contributed by atoms with van der Waals surface area (Å²) in [4.78, 5) is 25.4. The summed E-state index contributed by atoms with van der Waals surface area (Å²) in [5.74, 6) is -0.330. The Morgan fingerprint density at radius 2 is 2.14 bits per heavy atom. The molecule has 0 saturated heterocycles. The van der Waals surface area contributed by atoms with Crippen molar-refractivity contribution in [2.45, 2.75) is 38.6 Å². The normalized spacial score (nSPS) is 18.8. The molecule has 1 atom stereocenters. The molecule has 2 amide bonds. The molecule has 1 aromatic rings. The lowest BCUT2D eigenvalue weighted by atomic mass is 9.96. The summed E-state index contributed by atoms with van der Waals surface area (Å²) < 4.78 is 0. The lowest BCUT2D eigenvalue weighted by Gasteiger charge is -2.31. The molecular formula is C16H20N2O3. The fraction of sp³-hybridized carbons (Fsp3) is 0.500. The zero-order valence-corrected chi connectivity index (χ0v) is 12.1. The van der Waals surface area contributed by atoms with E-state index in [2.05, 4.69) is 5.32 Å². The molecule has 3 rings (SSSR count). The Bertz CT molecular complexity index is 581. The van der Waals surface area contributed by atoms with E-state index in [4.69, 9.17) is 0 Å². The van der Waals surface area contributed by atoms with Crippen LogP contribution in [0.3, 0.4) is 0 Å². The predicted octanol–water partition coefficient (Wildman–Crippen LogP) is 2.65. The third-order valence-electron chi connectivity index (χ3n) is 4.41. The highest BCUT2D eigenvalue weighted by atomic mass is 16.4. The van der Waals surface area contributed by atoms with Gasteiger partial charge in [0, 0.05) is 18.3 Å². The number of urea groups is 1. The van der Waals surface area contributed by atoms with E-state index in [9.17, 15) is 14.7 Å². The van der Waals surface area contributed by atoms with Crippen molar-refractivity contribution in [3.8, 4) is 0 Å². The van der Waals surface area contributed by atoms with E-state index in [1.807, 2.05) is 13.0 Å². The van der Waals surface area contributed by atoms with Crippen LogP contribution < -0.4 is 10.2 Å². The minimum absolute atomic E-state index is 0.113. The minimum Gasteiger partial charge on any atom is -0.478 e. The second-order valence-electron chi connectivity index (χ2n) is 5.94. The number of carbonyl (C=O) groups is 2. The molecule has 112 valence electrons. The fourth-order valence-electron chi connectivity index (χ4n) is 3.02. The Morgan fingerprint density at radius 1 is 1.38 bits per heavy atom.